The van der Waals surface area contributed by atoms with E-state index in [0.29, 0.717) is 12.1 Å². The van der Waals surface area contributed by atoms with Gasteiger partial charge in [-0.2, -0.15) is 0 Å². The van der Waals surface area contributed by atoms with Gasteiger partial charge in [-0.3, -0.25) is 0 Å². The molecule has 1 aliphatic carbocycles. The highest BCUT2D eigenvalue weighted by atomic mass is 16.5. The number of rotatable bonds is 4. The second-order valence-corrected chi connectivity index (χ2v) is 5.64. The van der Waals surface area contributed by atoms with Crippen molar-refractivity contribution < 1.29 is 4.74 Å². The van der Waals surface area contributed by atoms with Gasteiger partial charge >= 0.3 is 0 Å². The van der Waals surface area contributed by atoms with E-state index in [1.807, 2.05) is 0 Å². The van der Waals surface area contributed by atoms with Crippen molar-refractivity contribution in [1.29, 1.82) is 0 Å². The summed E-state index contributed by atoms with van der Waals surface area (Å²) in [6.45, 7) is 7.44. The van der Waals surface area contributed by atoms with Gasteiger partial charge in [0, 0.05) is 24.7 Å². The Bertz CT molecular complexity index is 197. The van der Waals surface area contributed by atoms with Gasteiger partial charge < -0.3 is 15.4 Å². The Morgan fingerprint density at radius 3 is 2.94 bits per heavy atom. The highest BCUT2D eigenvalue weighted by Gasteiger charge is 2.23. The van der Waals surface area contributed by atoms with E-state index in [9.17, 15) is 0 Å². The van der Waals surface area contributed by atoms with Gasteiger partial charge in [-0.1, -0.05) is 6.92 Å². The Morgan fingerprint density at radius 2 is 2.31 bits per heavy atom. The molecule has 0 radical (unpaired) electrons. The van der Waals surface area contributed by atoms with Crippen LogP contribution in [0.3, 0.4) is 0 Å². The molecule has 3 heteroatoms. The van der Waals surface area contributed by atoms with E-state index < -0.39 is 0 Å². The first-order valence-electron chi connectivity index (χ1n) is 6.81. The lowest BCUT2D eigenvalue weighted by molar-refractivity contribution is 0.0707. The van der Waals surface area contributed by atoms with Gasteiger partial charge in [0.25, 0.3) is 0 Å². The molecule has 1 saturated heterocycles. The topological polar surface area (TPSA) is 33.3 Å². The second kappa shape index (κ2) is 5.99. The van der Waals surface area contributed by atoms with Gasteiger partial charge in [0.15, 0.2) is 0 Å². The number of hydrogen-bond donors (Lipinski definition) is 2. The Hall–Kier alpha value is -0.120. The number of morpholine rings is 1. The fraction of sp³-hybridized carbons (Fsp3) is 1.00. The molecule has 2 N–H and O–H groups in total. The summed E-state index contributed by atoms with van der Waals surface area (Å²) in [7, 11) is 0. The minimum absolute atomic E-state index is 0.551. The molecule has 0 amide bonds. The van der Waals surface area contributed by atoms with Gasteiger partial charge in [0.05, 0.1) is 13.2 Å². The third kappa shape index (κ3) is 3.72. The average Bonchev–Trinajstić information content (AvgIpc) is 2.65. The summed E-state index contributed by atoms with van der Waals surface area (Å²) < 4.78 is 5.48. The first-order chi connectivity index (χ1) is 7.74. The molecule has 4 unspecified atom stereocenters. The molecule has 0 bridgehead atoms. The van der Waals surface area contributed by atoms with E-state index in [2.05, 4.69) is 24.5 Å². The summed E-state index contributed by atoms with van der Waals surface area (Å²) in [5.74, 6) is 0.917. The molecular formula is C13H26N2O. The van der Waals surface area contributed by atoms with Gasteiger partial charge in [-0.15, -0.1) is 0 Å². The maximum atomic E-state index is 5.48. The van der Waals surface area contributed by atoms with Crippen LogP contribution in [0, 0.1) is 5.92 Å². The molecule has 2 aliphatic rings. The fourth-order valence-electron chi connectivity index (χ4n) is 3.03. The minimum Gasteiger partial charge on any atom is -0.379 e. The SMILES string of the molecule is CC1CCC(NC(C)CC2COCCN2)C1. The smallest absolute Gasteiger partial charge is 0.0620 e. The highest BCUT2D eigenvalue weighted by Crippen LogP contribution is 2.25. The van der Waals surface area contributed by atoms with Crippen LogP contribution in [0.15, 0.2) is 0 Å². The molecule has 2 rings (SSSR count). The summed E-state index contributed by atoms with van der Waals surface area (Å²) in [4.78, 5) is 0. The molecule has 1 heterocycles. The lowest BCUT2D eigenvalue weighted by atomic mass is 10.1. The van der Waals surface area contributed by atoms with E-state index >= 15 is 0 Å². The van der Waals surface area contributed by atoms with Crippen LogP contribution in [0.1, 0.15) is 39.5 Å². The minimum atomic E-state index is 0.551. The van der Waals surface area contributed by atoms with Crippen molar-refractivity contribution in [2.24, 2.45) is 5.92 Å². The van der Waals surface area contributed by atoms with Crippen molar-refractivity contribution in [3.05, 3.63) is 0 Å². The first kappa shape index (κ1) is 12.3. The van der Waals surface area contributed by atoms with Crippen molar-refractivity contribution in [1.82, 2.24) is 10.6 Å². The predicted molar refractivity (Wildman–Crippen MR) is 66.6 cm³/mol. The molecular weight excluding hydrogens is 200 g/mol. The molecule has 0 aromatic heterocycles. The summed E-state index contributed by atoms with van der Waals surface area (Å²) in [6, 6.07) is 1.92. The third-order valence-corrected chi connectivity index (χ3v) is 3.85. The molecule has 0 spiro atoms. The third-order valence-electron chi connectivity index (χ3n) is 3.85. The first-order valence-corrected chi connectivity index (χ1v) is 6.81. The van der Waals surface area contributed by atoms with Crippen LogP contribution in [0.5, 0.6) is 0 Å². The van der Waals surface area contributed by atoms with Crippen molar-refractivity contribution in [3.8, 4) is 0 Å². The van der Waals surface area contributed by atoms with Crippen LogP contribution in [-0.2, 0) is 4.74 Å². The van der Waals surface area contributed by atoms with Gasteiger partial charge in [-0.05, 0) is 38.5 Å². The molecule has 1 aliphatic heterocycles. The van der Waals surface area contributed by atoms with Crippen LogP contribution in [0.2, 0.25) is 0 Å². The monoisotopic (exact) mass is 226 g/mol. The summed E-state index contributed by atoms with van der Waals surface area (Å²) in [6.07, 6.45) is 5.30. The lowest BCUT2D eigenvalue weighted by Crippen LogP contribution is -2.46. The van der Waals surface area contributed by atoms with Crippen molar-refractivity contribution in [3.63, 3.8) is 0 Å². The second-order valence-electron chi connectivity index (χ2n) is 5.64. The van der Waals surface area contributed by atoms with E-state index in [1.165, 1.54) is 25.7 Å². The number of nitrogens with one attached hydrogen (secondary N) is 2. The number of ether oxygens (including phenoxy) is 1. The van der Waals surface area contributed by atoms with Gasteiger partial charge in [-0.25, -0.2) is 0 Å². The molecule has 1 saturated carbocycles. The highest BCUT2D eigenvalue weighted by molar-refractivity contribution is 4.83. The standard InChI is InChI=1S/C13H26N2O/c1-10-3-4-12(7-10)15-11(2)8-13-9-16-6-5-14-13/h10-15H,3-9H2,1-2H3. The van der Waals surface area contributed by atoms with Gasteiger partial charge in [0.1, 0.15) is 0 Å². The summed E-state index contributed by atoms with van der Waals surface area (Å²) in [5.41, 5.74) is 0. The molecule has 0 aromatic carbocycles. The van der Waals surface area contributed by atoms with E-state index in [4.69, 9.17) is 4.74 Å². The van der Waals surface area contributed by atoms with Crippen molar-refractivity contribution >= 4 is 0 Å². The average molecular weight is 226 g/mol. The molecule has 16 heavy (non-hydrogen) atoms. The van der Waals surface area contributed by atoms with Crippen molar-refractivity contribution in [2.45, 2.75) is 57.7 Å². The molecule has 3 nitrogen and oxygen atoms in total. The number of hydrogen-bond acceptors (Lipinski definition) is 3. The van der Waals surface area contributed by atoms with Crippen LogP contribution in [-0.4, -0.2) is 37.9 Å². The Labute approximate surface area is 99.3 Å². The van der Waals surface area contributed by atoms with Crippen LogP contribution >= 0.6 is 0 Å². The largest absolute Gasteiger partial charge is 0.379 e. The van der Waals surface area contributed by atoms with Crippen LogP contribution in [0.4, 0.5) is 0 Å². The molecule has 4 atom stereocenters. The predicted octanol–water partition coefficient (Wildman–Crippen LogP) is 1.53. The zero-order valence-corrected chi connectivity index (χ0v) is 10.7. The van der Waals surface area contributed by atoms with Crippen LogP contribution < -0.4 is 10.6 Å². The van der Waals surface area contributed by atoms with Gasteiger partial charge in [0.2, 0.25) is 0 Å². The summed E-state index contributed by atoms with van der Waals surface area (Å²) in [5, 5.41) is 7.28. The Kier molecular flexibility index (Phi) is 4.62. The Balaban J connectivity index is 1.65. The maximum Gasteiger partial charge on any atom is 0.0620 e. The van der Waals surface area contributed by atoms with E-state index in [0.717, 1.165) is 31.7 Å². The van der Waals surface area contributed by atoms with Crippen molar-refractivity contribution in [2.75, 3.05) is 19.8 Å². The zero-order valence-electron chi connectivity index (χ0n) is 10.7. The lowest BCUT2D eigenvalue weighted by Gasteiger charge is -2.28. The molecule has 0 aromatic rings. The van der Waals surface area contributed by atoms with Crippen LogP contribution in [0.25, 0.3) is 0 Å². The zero-order chi connectivity index (χ0) is 11.4. The molecule has 94 valence electrons. The van der Waals surface area contributed by atoms with E-state index in [-0.39, 0.29) is 0 Å². The maximum absolute atomic E-state index is 5.48. The normalized spacial score (nSPS) is 37.5. The summed E-state index contributed by atoms with van der Waals surface area (Å²) >= 11 is 0. The Morgan fingerprint density at radius 1 is 1.44 bits per heavy atom. The quantitative estimate of drug-likeness (QED) is 0.763. The molecule has 2 fully saturated rings. The van der Waals surface area contributed by atoms with E-state index in [1.54, 1.807) is 0 Å². The fourth-order valence-corrected chi connectivity index (χ4v) is 3.03.